The Bertz CT molecular complexity index is 1070. The van der Waals surface area contributed by atoms with Crippen LogP contribution in [0.3, 0.4) is 0 Å². The maximum absolute atomic E-state index is 13.9. The number of hydrogen-bond acceptors (Lipinski definition) is 5. The van der Waals surface area contributed by atoms with E-state index in [9.17, 15) is 4.39 Å². The van der Waals surface area contributed by atoms with E-state index in [-0.39, 0.29) is 5.82 Å². The Morgan fingerprint density at radius 1 is 1.12 bits per heavy atom. The van der Waals surface area contributed by atoms with Crippen LogP contribution in [-0.4, -0.2) is 19.8 Å². The van der Waals surface area contributed by atoms with Gasteiger partial charge in [0.2, 0.25) is 4.96 Å². The van der Waals surface area contributed by atoms with Crippen molar-refractivity contribution in [3.05, 3.63) is 75.8 Å². The van der Waals surface area contributed by atoms with Crippen molar-refractivity contribution in [3.63, 3.8) is 0 Å². The highest BCUT2D eigenvalue weighted by Crippen LogP contribution is 2.22. The Hall–Kier alpha value is -2.80. The van der Waals surface area contributed by atoms with Crippen molar-refractivity contribution < 1.29 is 9.13 Å². The molecule has 2 heterocycles. The number of aromatic nitrogens is 4. The number of hydrogen-bond donors (Lipinski definition) is 0. The van der Waals surface area contributed by atoms with Crippen LogP contribution in [0.1, 0.15) is 27.5 Å². The van der Waals surface area contributed by atoms with Gasteiger partial charge in [0.05, 0.1) is 0 Å². The summed E-state index contributed by atoms with van der Waals surface area (Å²) in [6.07, 6.45) is 0.342. The van der Waals surface area contributed by atoms with Crippen molar-refractivity contribution in [2.45, 2.75) is 26.9 Å². The lowest BCUT2D eigenvalue weighted by Gasteiger charge is -2.08. The van der Waals surface area contributed by atoms with Crippen LogP contribution in [-0.2, 0) is 13.0 Å². The summed E-state index contributed by atoms with van der Waals surface area (Å²) in [7, 11) is 0. The second-order valence-electron chi connectivity index (χ2n) is 6.13. The quantitative estimate of drug-likeness (QED) is 0.532. The van der Waals surface area contributed by atoms with E-state index in [1.807, 2.05) is 26.0 Å². The topological polar surface area (TPSA) is 52.3 Å². The number of aryl methyl sites for hydroxylation is 2. The summed E-state index contributed by atoms with van der Waals surface area (Å²) in [5, 5.41) is 13.6. The number of ether oxygens (including phenoxy) is 1. The van der Waals surface area contributed by atoms with Gasteiger partial charge < -0.3 is 4.74 Å². The fourth-order valence-electron chi connectivity index (χ4n) is 2.68. The Labute approximate surface area is 154 Å². The standard InChI is InChI=1S/C19H17FN4OS/c1-12-7-8-13(2)16(9-12)25-11-18-23-24-17(21-22-19(24)26-18)10-14-5-3-4-6-15(14)20/h3-9H,10-11H2,1-2H3. The molecule has 0 aliphatic carbocycles. The predicted molar refractivity (Wildman–Crippen MR) is 98.1 cm³/mol. The second kappa shape index (κ2) is 6.84. The second-order valence-corrected chi connectivity index (χ2v) is 7.17. The molecule has 0 amide bonds. The molecule has 0 fully saturated rings. The first kappa shape index (κ1) is 16.7. The Balaban J connectivity index is 1.54. The molecule has 0 bridgehead atoms. The summed E-state index contributed by atoms with van der Waals surface area (Å²) in [6, 6.07) is 12.8. The van der Waals surface area contributed by atoms with E-state index in [1.165, 1.54) is 17.4 Å². The average molecular weight is 368 g/mol. The summed E-state index contributed by atoms with van der Waals surface area (Å²) < 4.78 is 21.4. The van der Waals surface area contributed by atoms with Crippen LogP contribution in [0.15, 0.2) is 42.5 Å². The van der Waals surface area contributed by atoms with Gasteiger partial charge >= 0.3 is 0 Å². The first-order valence-electron chi connectivity index (χ1n) is 8.23. The predicted octanol–water partition coefficient (Wildman–Crippen LogP) is 4.11. The summed E-state index contributed by atoms with van der Waals surface area (Å²) >= 11 is 1.42. The van der Waals surface area contributed by atoms with Crippen LogP contribution in [0.2, 0.25) is 0 Å². The van der Waals surface area contributed by atoms with Crippen molar-refractivity contribution in [2.24, 2.45) is 0 Å². The molecule has 0 N–H and O–H groups in total. The van der Waals surface area contributed by atoms with Crippen LogP contribution in [0.5, 0.6) is 5.75 Å². The minimum Gasteiger partial charge on any atom is -0.486 e. The van der Waals surface area contributed by atoms with Crippen molar-refractivity contribution in [1.29, 1.82) is 0 Å². The van der Waals surface area contributed by atoms with E-state index in [1.54, 1.807) is 22.7 Å². The SMILES string of the molecule is Cc1ccc(C)c(OCc2nn3c(Cc4ccccc4F)nnc3s2)c1. The summed E-state index contributed by atoms with van der Waals surface area (Å²) in [6.45, 7) is 4.40. The van der Waals surface area contributed by atoms with E-state index in [0.717, 1.165) is 21.9 Å². The van der Waals surface area contributed by atoms with Gasteiger partial charge in [-0.15, -0.1) is 10.2 Å². The maximum atomic E-state index is 13.9. The third-order valence-corrected chi connectivity index (χ3v) is 4.97. The zero-order valence-electron chi connectivity index (χ0n) is 14.4. The van der Waals surface area contributed by atoms with Gasteiger partial charge in [0, 0.05) is 6.42 Å². The molecule has 26 heavy (non-hydrogen) atoms. The maximum Gasteiger partial charge on any atom is 0.234 e. The molecular weight excluding hydrogens is 351 g/mol. The first-order valence-corrected chi connectivity index (χ1v) is 9.05. The molecule has 7 heteroatoms. The lowest BCUT2D eigenvalue weighted by Crippen LogP contribution is -2.02. The number of fused-ring (bicyclic) bond motifs is 1. The Morgan fingerprint density at radius 2 is 1.96 bits per heavy atom. The van der Waals surface area contributed by atoms with Crippen molar-refractivity contribution in [2.75, 3.05) is 0 Å². The number of nitrogens with zero attached hydrogens (tertiary/aromatic N) is 4. The molecule has 0 saturated carbocycles. The third-order valence-electron chi connectivity index (χ3n) is 4.10. The highest BCUT2D eigenvalue weighted by molar-refractivity contribution is 7.16. The van der Waals surface area contributed by atoms with Crippen molar-refractivity contribution in [1.82, 2.24) is 19.8 Å². The molecule has 0 radical (unpaired) electrons. The fraction of sp³-hybridized carbons (Fsp3) is 0.211. The lowest BCUT2D eigenvalue weighted by molar-refractivity contribution is 0.301. The number of rotatable bonds is 5. The number of halogens is 1. The normalized spacial score (nSPS) is 11.2. The molecule has 2 aromatic heterocycles. The third kappa shape index (κ3) is 3.30. The zero-order chi connectivity index (χ0) is 18.1. The fourth-order valence-corrected chi connectivity index (χ4v) is 3.45. The van der Waals surface area contributed by atoms with Crippen LogP contribution in [0.25, 0.3) is 4.96 Å². The van der Waals surface area contributed by atoms with E-state index >= 15 is 0 Å². The minimum atomic E-state index is -0.252. The monoisotopic (exact) mass is 368 g/mol. The van der Waals surface area contributed by atoms with Gasteiger partial charge in [-0.25, -0.2) is 4.39 Å². The molecule has 0 atom stereocenters. The van der Waals surface area contributed by atoms with Gasteiger partial charge in [0.1, 0.15) is 18.2 Å². The molecule has 4 aromatic rings. The summed E-state index contributed by atoms with van der Waals surface area (Å²) in [5.41, 5.74) is 2.80. The molecule has 2 aromatic carbocycles. The molecule has 0 aliphatic rings. The van der Waals surface area contributed by atoms with Crippen LogP contribution < -0.4 is 4.74 Å². The van der Waals surface area contributed by atoms with Gasteiger partial charge in [-0.2, -0.15) is 9.61 Å². The molecule has 0 aliphatic heterocycles. The van der Waals surface area contributed by atoms with Gasteiger partial charge in [-0.3, -0.25) is 0 Å². The van der Waals surface area contributed by atoms with E-state index in [0.29, 0.717) is 29.4 Å². The highest BCUT2D eigenvalue weighted by atomic mass is 32.1. The molecule has 0 spiro atoms. The van der Waals surface area contributed by atoms with Gasteiger partial charge in [0.25, 0.3) is 0 Å². The summed E-state index contributed by atoms with van der Waals surface area (Å²) in [4.78, 5) is 0.677. The zero-order valence-corrected chi connectivity index (χ0v) is 15.3. The van der Waals surface area contributed by atoms with Crippen LogP contribution in [0.4, 0.5) is 4.39 Å². The van der Waals surface area contributed by atoms with Crippen LogP contribution >= 0.6 is 11.3 Å². The smallest absolute Gasteiger partial charge is 0.234 e. The molecule has 0 unspecified atom stereocenters. The van der Waals surface area contributed by atoms with Crippen LogP contribution in [0, 0.1) is 19.7 Å². The highest BCUT2D eigenvalue weighted by Gasteiger charge is 2.14. The Kier molecular flexibility index (Phi) is 4.38. The van der Waals surface area contributed by atoms with Gasteiger partial charge in [0.15, 0.2) is 10.8 Å². The van der Waals surface area contributed by atoms with E-state index in [4.69, 9.17) is 4.74 Å². The first-order chi connectivity index (χ1) is 12.6. The molecule has 4 rings (SSSR count). The van der Waals surface area contributed by atoms with Gasteiger partial charge in [-0.05, 0) is 42.7 Å². The summed E-state index contributed by atoms with van der Waals surface area (Å²) in [5.74, 6) is 1.21. The molecular formula is C19H17FN4OS. The molecule has 0 saturated heterocycles. The van der Waals surface area contributed by atoms with E-state index in [2.05, 4.69) is 21.4 Å². The van der Waals surface area contributed by atoms with Crippen molar-refractivity contribution >= 4 is 16.3 Å². The van der Waals surface area contributed by atoms with Crippen molar-refractivity contribution in [3.8, 4) is 5.75 Å². The van der Waals surface area contributed by atoms with Gasteiger partial charge in [-0.1, -0.05) is 41.7 Å². The average Bonchev–Trinajstić information content (AvgIpc) is 3.19. The number of benzene rings is 2. The lowest BCUT2D eigenvalue weighted by atomic mass is 10.1. The molecule has 5 nitrogen and oxygen atoms in total. The molecule has 132 valence electrons. The Morgan fingerprint density at radius 3 is 2.81 bits per heavy atom. The largest absolute Gasteiger partial charge is 0.486 e. The van der Waals surface area contributed by atoms with E-state index < -0.39 is 0 Å². The minimum absolute atomic E-state index is 0.252.